The van der Waals surface area contributed by atoms with Gasteiger partial charge in [-0.1, -0.05) is 46.3 Å². The number of thiazole rings is 1. The Hall–Kier alpha value is -2.18. The Morgan fingerprint density at radius 2 is 1.96 bits per heavy atom. The smallest absolute Gasteiger partial charge is 0.213 e. The third-order valence-corrected chi connectivity index (χ3v) is 5.07. The lowest BCUT2D eigenvalue weighted by molar-refractivity contribution is 0.415. The van der Waals surface area contributed by atoms with Crippen LogP contribution in [-0.2, 0) is 0 Å². The number of benzene rings is 2. The Bertz CT molecular complexity index is 978. The van der Waals surface area contributed by atoms with E-state index < -0.39 is 0 Å². The quantitative estimate of drug-likeness (QED) is 0.503. The van der Waals surface area contributed by atoms with E-state index in [4.69, 9.17) is 4.74 Å². The van der Waals surface area contributed by atoms with Gasteiger partial charge in [-0.3, -0.25) is 0 Å². The number of aromatic nitrogens is 3. The van der Waals surface area contributed by atoms with Crippen LogP contribution < -0.4 is 4.74 Å². The van der Waals surface area contributed by atoms with E-state index in [1.807, 2.05) is 40.9 Å². The van der Waals surface area contributed by atoms with E-state index in [0.29, 0.717) is 5.82 Å². The van der Waals surface area contributed by atoms with Crippen molar-refractivity contribution in [2.45, 2.75) is 0 Å². The van der Waals surface area contributed by atoms with Crippen LogP contribution in [0, 0.1) is 0 Å². The Kier molecular flexibility index (Phi) is 3.63. The molecule has 4 aromatic rings. The number of methoxy groups -OCH3 is 1. The first kappa shape index (κ1) is 14.4. The average Bonchev–Trinajstić information content (AvgIpc) is 3.16. The van der Waals surface area contributed by atoms with Gasteiger partial charge in [0.2, 0.25) is 4.96 Å². The van der Waals surface area contributed by atoms with E-state index >= 15 is 0 Å². The molecule has 0 saturated heterocycles. The zero-order chi connectivity index (χ0) is 15.8. The number of halogens is 1. The first-order valence-electron chi connectivity index (χ1n) is 7.00. The van der Waals surface area contributed by atoms with Crippen molar-refractivity contribution in [2.24, 2.45) is 0 Å². The molecular weight excluding hydrogens is 374 g/mol. The Labute approximate surface area is 145 Å². The van der Waals surface area contributed by atoms with Crippen LogP contribution in [0.3, 0.4) is 0 Å². The highest BCUT2D eigenvalue weighted by molar-refractivity contribution is 9.10. The van der Waals surface area contributed by atoms with Crippen molar-refractivity contribution in [1.29, 1.82) is 0 Å². The Balaban J connectivity index is 1.86. The molecule has 0 saturated carbocycles. The van der Waals surface area contributed by atoms with Gasteiger partial charge in [-0.05, 0) is 18.2 Å². The minimum Gasteiger partial charge on any atom is -0.497 e. The van der Waals surface area contributed by atoms with E-state index in [2.05, 4.69) is 43.5 Å². The molecule has 4 nitrogen and oxygen atoms in total. The van der Waals surface area contributed by atoms with Gasteiger partial charge >= 0.3 is 0 Å². The summed E-state index contributed by atoms with van der Waals surface area (Å²) in [5.74, 6) is 1.46. The van der Waals surface area contributed by atoms with Crippen molar-refractivity contribution < 1.29 is 4.74 Å². The van der Waals surface area contributed by atoms with Crippen molar-refractivity contribution in [3.05, 3.63) is 58.4 Å². The molecule has 0 aliphatic heterocycles. The van der Waals surface area contributed by atoms with Crippen LogP contribution in [0.5, 0.6) is 5.75 Å². The molecular formula is C17H12BrN3OS. The van der Waals surface area contributed by atoms with Crippen molar-refractivity contribution in [3.8, 4) is 28.4 Å². The molecule has 0 aliphatic carbocycles. The number of ether oxygens (including phenoxy) is 1. The van der Waals surface area contributed by atoms with Crippen molar-refractivity contribution in [3.63, 3.8) is 0 Å². The summed E-state index contributed by atoms with van der Waals surface area (Å²) < 4.78 is 8.13. The summed E-state index contributed by atoms with van der Waals surface area (Å²) in [6.07, 6.45) is 0. The molecule has 0 fully saturated rings. The summed E-state index contributed by atoms with van der Waals surface area (Å²) in [5.41, 5.74) is 3.09. The fourth-order valence-corrected chi connectivity index (χ4v) is 3.66. The van der Waals surface area contributed by atoms with E-state index in [-0.39, 0.29) is 0 Å². The van der Waals surface area contributed by atoms with Gasteiger partial charge in [-0.15, -0.1) is 16.4 Å². The third-order valence-electron chi connectivity index (χ3n) is 3.57. The van der Waals surface area contributed by atoms with Crippen molar-refractivity contribution in [2.75, 3.05) is 7.11 Å². The maximum atomic E-state index is 5.30. The predicted molar refractivity (Wildman–Crippen MR) is 96.0 cm³/mol. The summed E-state index contributed by atoms with van der Waals surface area (Å²) in [6.45, 7) is 0. The highest BCUT2D eigenvalue weighted by Gasteiger charge is 2.15. The lowest BCUT2D eigenvalue weighted by Crippen LogP contribution is -1.90. The first-order chi connectivity index (χ1) is 11.3. The first-order valence-corrected chi connectivity index (χ1v) is 8.67. The summed E-state index contributed by atoms with van der Waals surface area (Å²) in [4.78, 5) is 5.52. The molecule has 2 aromatic carbocycles. The number of hydrogen-bond acceptors (Lipinski definition) is 4. The molecule has 0 N–H and O–H groups in total. The van der Waals surface area contributed by atoms with Crippen LogP contribution in [-0.4, -0.2) is 21.7 Å². The molecule has 0 aliphatic rings. The van der Waals surface area contributed by atoms with Gasteiger partial charge in [0.25, 0.3) is 0 Å². The molecule has 6 heteroatoms. The fourth-order valence-electron chi connectivity index (χ4n) is 2.41. The van der Waals surface area contributed by atoms with Crippen LogP contribution in [0.2, 0.25) is 0 Å². The zero-order valence-corrected chi connectivity index (χ0v) is 14.6. The normalized spacial score (nSPS) is 11.0. The highest BCUT2D eigenvalue weighted by Crippen LogP contribution is 2.32. The molecule has 2 heterocycles. The molecule has 114 valence electrons. The second-order valence-electron chi connectivity index (χ2n) is 4.96. The minimum absolute atomic E-state index is 0.680. The van der Waals surface area contributed by atoms with Crippen molar-refractivity contribution >= 4 is 32.2 Å². The van der Waals surface area contributed by atoms with Crippen LogP contribution in [0.4, 0.5) is 0 Å². The third kappa shape index (κ3) is 2.54. The molecule has 0 bridgehead atoms. The number of fused-ring (bicyclic) bond motifs is 1. The second kappa shape index (κ2) is 5.79. The molecule has 0 unspecified atom stereocenters. The van der Waals surface area contributed by atoms with E-state index in [1.165, 1.54) is 0 Å². The molecule has 23 heavy (non-hydrogen) atoms. The average molecular weight is 386 g/mol. The lowest BCUT2D eigenvalue weighted by atomic mass is 10.2. The molecule has 0 spiro atoms. The van der Waals surface area contributed by atoms with Gasteiger partial charge < -0.3 is 4.74 Å². The zero-order valence-electron chi connectivity index (χ0n) is 12.2. The predicted octanol–water partition coefficient (Wildman–Crippen LogP) is 4.90. The van der Waals surface area contributed by atoms with Gasteiger partial charge in [0, 0.05) is 21.0 Å². The molecule has 0 amide bonds. The standard InChI is InChI=1S/C17H12BrN3OS/c1-22-12-7-8-14(18)13(9-12)16-19-17-21(20-16)15(10-23-17)11-5-3-2-4-6-11/h2-10H,1H3. The number of nitrogens with zero attached hydrogens (tertiary/aromatic N) is 3. The largest absolute Gasteiger partial charge is 0.497 e. The van der Waals surface area contributed by atoms with Gasteiger partial charge in [0.05, 0.1) is 12.8 Å². The van der Waals surface area contributed by atoms with Gasteiger partial charge in [-0.2, -0.15) is 4.98 Å². The van der Waals surface area contributed by atoms with E-state index in [9.17, 15) is 0 Å². The maximum absolute atomic E-state index is 5.30. The lowest BCUT2D eigenvalue weighted by Gasteiger charge is -2.03. The Morgan fingerprint density at radius 1 is 1.13 bits per heavy atom. The van der Waals surface area contributed by atoms with Crippen molar-refractivity contribution in [1.82, 2.24) is 14.6 Å². The Morgan fingerprint density at radius 3 is 2.74 bits per heavy atom. The number of rotatable bonds is 3. The SMILES string of the molecule is COc1ccc(Br)c(-c2nc3scc(-c4ccccc4)n3n2)c1. The molecule has 2 aromatic heterocycles. The van der Waals surface area contributed by atoms with Gasteiger partial charge in [-0.25, -0.2) is 4.52 Å². The highest BCUT2D eigenvalue weighted by atomic mass is 79.9. The monoisotopic (exact) mass is 385 g/mol. The second-order valence-corrected chi connectivity index (χ2v) is 6.65. The summed E-state index contributed by atoms with van der Waals surface area (Å²) >= 11 is 5.15. The topological polar surface area (TPSA) is 39.4 Å². The molecule has 4 rings (SSSR count). The van der Waals surface area contributed by atoms with Gasteiger partial charge in [0.1, 0.15) is 5.75 Å². The summed E-state index contributed by atoms with van der Waals surface area (Å²) in [6, 6.07) is 16.0. The fraction of sp³-hybridized carbons (Fsp3) is 0.0588. The van der Waals surface area contributed by atoms with Crippen LogP contribution in [0.15, 0.2) is 58.4 Å². The minimum atomic E-state index is 0.680. The molecule has 0 atom stereocenters. The maximum Gasteiger partial charge on any atom is 0.213 e. The van der Waals surface area contributed by atoms with E-state index in [1.54, 1.807) is 18.4 Å². The van der Waals surface area contributed by atoms with E-state index in [0.717, 1.165) is 32.0 Å². The van der Waals surface area contributed by atoms with Crippen LogP contribution in [0.1, 0.15) is 0 Å². The summed E-state index contributed by atoms with van der Waals surface area (Å²) in [7, 11) is 1.65. The summed E-state index contributed by atoms with van der Waals surface area (Å²) in [5, 5.41) is 6.76. The number of hydrogen-bond donors (Lipinski definition) is 0. The van der Waals surface area contributed by atoms with Crippen LogP contribution >= 0.6 is 27.3 Å². The van der Waals surface area contributed by atoms with Gasteiger partial charge in [0.15, 0.2) is 5.82 Å². The molecule has 0 radical (unpaired) electrons. The van der Waals surface area contributed by atoms with Crippen LogP contribution in [0.25, 0.3) is 27.6 Å².